The number of halogens is 2. The topological polar surface area (TPSA) is 44.5 Å². The highest BCUT2D eigenvalue weighted by molar-refractivity contribution is 9.11. The predicted octanol–water partition coefficient (Wildman–Crippen LogP) is 4.30. The van der Waals surface area contributed by atoms with Gasteiger partial charge in [-0.05, 0) is 76.7 Å². The van der Waals surface area contributed by atoms with Crippen molar-refractivity contribution in [1.82, 2.24) is 0 Å². The summed E-state index contributed by atoms with van der Waals surface area (Å²) in [5, 5.41) is 0. The van der Waals surface area contributed by atoms with Crippen LogP contribution in [0.3, 0.4) is 0 Å². The predicted molar refractivity (Wildman–Crippen MR) is 90.4 cm³/mol. The van der Waals surface area contributed by atoms with Gasteiger partial charge in [-0.1, -0.05) is 0 Å². The van der Waals surface area contributed by atoms with Crippen molar-refractivity contribution in [2.75, 3.05) is 13.7 Å². The fraction of sp³-hybridized carbons (Fsp3) is 0.600. The zero-order valence-electron chi connectivity index (χ0n) is 12.5. The second-order valence-corrected chi connectivity index (χ2v) is 7.34. The second-order valence-electron chi connectivity index (χ2n) is 5.63. The van der Waals surface area contributed by atoms with Crippen molar-refractivity contribution >= 4 is 31.9 Å². The van der Waals surface area contributed by atoms with Crippen LogP contribution >= 0.6 is 31.9 Å². The first-order valence-electron chi connectivity index (χ1n) is 6.66. The first-order chi connectivity index (χ1) is 9.25. The van der Waals surface area contributed by atoms with Crippen LogP contribution in [0, 0.1) is 0 Å². The molecule has 0 bridgehead atoms. The van der Waals surface area contributed by atoms with Crippen LogP contribution in [0.25, 0.3) is 0 Å². The van der Waals surface area contributed by atoms with Gasteiger partial charge < -0.3 is 15.2 Å². The molecule has 0 aliphatic rings. The van der Waals surface area contributed by atoms with E-state index < -0.39 is 0 Å². The summed E-state index contributed by atoms with van der Waals surface area (Å²) in [5.41, 5.74) is 6.84. The van der Waals surface area contributed by atoms with Crippen LogP contribution < -0.4 is 10.5 Å². The van der Waals surface area contributed by atoms with E-state index in [1.807, 2.05) is 20.8 Å². The Morgan fingerprint density at radius 3 is 2.25 bits per heavy atom. The molecule has 1 unspecified atom stereocenters. The van der Waals surface area contributed by atoms with Crippen molar-refractivity contribution in [3.8, 4) is 5.75 Å². The Bertz CT molecular complexity index is 424. The average molecular weight is 409 g/mol. The van der Waals surface area contributed by atoms with Crippen LogP contribution in [0.1, 0.15) is 32.8 Å². The number of hydrogen-bond donors (Lipinski definition) is 1. The Balaban J connectivity index is 2.72. The van der Waals surface area contributed by atoms with Crippen molar-refractivity contribution in [3.63, 3.8) is 0 Å². The highest BCUT2D eigenvalue weighted by atomic mass is 79.9. The smallest absolute Gasteiger partial charge is 0.147 e. The van der Waals surface area contributed by atoms with Gasteiger partial charge in [-0.2, -0.15) is 0 Å². The lowest BCUT2D eigenvalue weighted by Gasteiger charge is -2.23. The van der Waals surface area contributed by atoms with E-state index in [2.05, 4.69) is 44.0 Å². The van der Waals surface area contributed by atoms with Gasteiger partial charge in [0.1, 0.15) is 5.75 Å². The van der Waals surface area contributed by atoms with Gasteiger partial charge in [-0.25, -0.2) is 0 Å². The number of benzene rings is 1. The minimum Gasteiger partial charge on any atom is -0.491 e. The van der Waals surface area contributed by atoms with Crippen molar-refractivity contribution in [3.05, 3.63) is 26.6 Å². The standard InChI is InChI=1S/C15H23Br2NO2/c1-10(18)7-11-8-12(16)14(13(17)9-11)20-6-5-15(2,3)19-4/h8-10H,5-7,18H2,1-4H3. The zero-order chi connectivity index (χ0) is 15.3. The van der Waals surface area contributed by atoms with Crippen LogP contribution in [0.15, 0.2) is 21.1 Å². The van der Waals surface area contributed by atoms with Crippen LogP contribution in [0.4, 0.5) is 0 Å². The molecule has 0 saturated heterocycles. The molecule has 1 atom stereocenters. The molecule has 20 heavy (non-hydrogen) atoms. The molecule has 5 heteroatoms. The van der Waals surface area contributed by atoms with Crippen molar-refractivity contribution in [2.24, 2.45) is 5.73 Å². The molecule has 1 rings (SSSR count). The molecule has 0 fully saturated rings. The normalized spacial score (nSPS) is 13.3. The third kappa shape index (κ3) is 5.72. The lowest BCUT2D eigenvalue weighted by Crippen LogP contribution is -2.25. The van der Waals surface area contributed by atoms with Gasteiger partial charge in [-0.15, -0.1) is 0 Å². The Morgan fingerprint density at radius 2 is 1.80 bits per heavy atom. The maximum Gasteiger partial charge on any atom is 0.147 e. The van der Waals surface area contributed by atoms with Crippen LogP contribution in [-0.4, -0.2) is 25.4 Å². The SMILES string of the molecule is COC(C)(C)CCOc1c(Br)cc(CC(C)N)cc1Br. The molecule has 0 saturated carbocycles. The minimum absolute atomic E-state index is 0.142. The molecule has 3 nitrogen and oxygen atoms in total. The van der Waals surface area contributed by atoms with E-state index in [0.29, 0.717) is 6.61 Å². The van der Waals surface area contributed by atoms with E-state index in [1.165, 1.54) is 5.56 Å². The maximum atomic E-state index is 5.86. The summed E-state index contributed by atoms with van der Waals surface area (Å²) in [5.74, 6) is 0.824. The number of rotatable bonds is 7. The second kappa shape index (κ2) is 7.78. The van der Waals surface area contributed by atoms with E-state index in [0.717, 1.165) is 27.5 Å². The fourth-order valence-electron chi connectivity index (χ4n) is 1.74. The average Bonchev–Trinajstić information content (AvgIpc) is 2.32. The van der Waals surface area contributed by atoms with E-state index in [9.17, 15) is 0 Å². The molecule has 0 spiro atoms. The number of hydrogen-bond acceptors (Lipinski definition) is 3. The lowest BCUT2D eigenvalue weighted by molar-refractivity contribution is 0.00533. The van der Waals surface area contributed by atoms with Crippen LogP contribution in [-0.2, 0) is 11.2 Å². The molecule has 0 aliphatic carbocycles. The molecule has 0 aliphatic heterocycles. The largest absolute Gasteiger partial charge is 0.491 e. The van der Waals surface area contributed by atoms with Crippen molar-refractivity contribution in [2.45, 2.75) is 45.3 Å². The fourth-order valence-corrected chi connectivity index (χ4v) is 3.25. The monoisotopic (exact) mass is 407 g/mol. The Morgan fingerprint density at radius 1 is 1.25 bits per heavy atom. The van der Waals surface area contributed by atoms with Crippen molar-refractivity contribution < 1.29 is 9.47 Å². The molecule has 0 heterocycles. The highest BCUT2D eigenvalue weighted by Crippen LogP contribution is 2.35. The molecular formula is C15H23Br2NO2. The Kier molecular flexibility index (Phi) is 6.98. The third-order valence-electron chi connectivity index (χ3n) is 3.12. The quantitative estimate of drug-likeness (QED) is 0.731. The van der Waals surface area contributed by atoms with E-state index in [1.54, 1.807) is 7.11 Å². The van der Waals surface area contributed by atoms with E-state index in [4.69, 9.17) is 15.2 Å². The summed E-state index contributed by atoms with van der Waals surface area (Å²) in [6.07, 6.45) is 1.66. The summed E-state index contributed by atoms with van der Waals surface area (Å²) < 4.78 is 13.1. The molecule has 1 aromatic rings. The number of ether oxygens (including phenoxy) is 2. The van der Waals surface area contributed by atoms with Gasteiger partial charge in [0.15, 0.2) is 0 Å². The van der Waals surface area contributed by atoms with Crippen molar-refractivity contribution in [1.29, 1.82) is 0 Å². The van der Waals surface area contributed by atoms with E-state index >= 15 is 0 Å². The maximum absolute atomic E-state index is 5.86. The molecule has 0 aromatic heterocycles. The minimum atomic E-state index is -0.173. The first kappa shape index (κ1) is 18.0. The van der Waals surface area contributed by atoms with Crippen LogP contribution in [0.2, 0.25) is 0 Å². The van der Waals surface area contributed by atoms with Crippen LogP contribution in [0.5, 0.6) is 5.75 Å². The molecule has 0 amide bonds. The van der Waals surface area contributed by atoms with Gasteiger partial charge in [0, 0.05) is 19.6 Å². The molecule has 2 N–H and O–H groups in total. The molecule has 114 valence electrons. The third-order valence-corrected chi connectivity index (χ3v) is 4.30. The summed E-state index contributed by atoms with van der Waals surface area (Å²) in [4.78, 5) is 0. The van der Waals surface area contributed by atoms with Gasteiger partial charge in [0.05, 0.1) is 21.2 Å². The molecule has 1 aromatic carbocycles. The summed E-state index contributed by atoms with van der Waals surface area (Å²) in [7, 11) is 1.72. The van der Waals surface area contributed by atoms with Gasteiger partial charge in [0.25, 0.3) is 0 Å². The highest BCUT2D eigenvalue weighted by Gasteiger charge is 2.17. The molecular weight excluding hydrogens is 386 g/mol. The van der Waals surface area contributed by atoms with Gasteiger partial charge >= 0.3 is 0 Å². The lowest BCUT2D eigenvalue weighted by atomic mass is 10.1. The molecule has 0 radical (unpaired) electrons. The summed E-state index contributed by atoms with van der Waals surface area (Å²) in [6, 6.07) is 4.26. The number of nitrogens with two attached hydrogens (primary N) is 1. The Labute approximate surface area is 138 Å². The Hall–Kier alpha value is -0.100. The first-order valence-corrected chi connectivity index (χ1v) is 8.25. The van der Waals surface area contributed by atoms with E-state index in [-0.39, 0.29) is 11.6 Å². The van der Waals surface area contributed by atoms with Gasteiger partial charge in [-0.3, -0.25) is 0 Å². The summed E-state index contributed by atoms with van der Waals surface area (Å²) in [6.45, 7) is 6.70. The zero-order valence-corrected chi connectivity index (χ0v) is 15.7. The van der Waals surface area contributed by atoms with Gasteiger partial charge in [0.2, 0.25) is 0 Å². The summed E-state index contributed by atoms with van der Waals surface area (Å²) >= 11 is 7.12. The number of methoxy groups -OCH3 is 1.